The topological polar surface area (TPSA) is 86.5 Å². The molecule has 0 aromatic heterocycles. The molecule has 6 nitrogen and oxygen atoms in total. The molecule has 1 aromatic rings. The lowest BCUT2D eigenvalue weighted by Gasteiger charge is -2.32. The quantitative estimate of drug-likeness (QED) is 0.0998. The molecular weight excluding hydrogens is 430 g/mol. The first-order valence-electron chi connectivity index (χ1n) is 11.4. The monoisotopic (exact) mass is 463 g/mol. The number of hydrogen-bond donors (Lipinski definition) is 0. The number of carbonyl (C=O) groups excluding carboxylic acids is 2. The zero-order valence-electron chi connectivity index (χ0n) is 20.6. The minimum atomic E-state index is -0.625. The summed E-state index contributed by atoms with van der Waals surface area (Å²) in [5.74, 6) is -1.05. The highest BCUT2D eigenvalue weighted by Crippen LogP contribution is 2.40. The molecule has 0 saturated carbocycles. The number of nitro benzene ring substituents is 1. The Morgan fingerprint density at radius 2 is 1.79 bits per heavy atom. The Hall–Kier alpha value is -3.54. The van der Waals surface area contributed by atoms with Crippen molar-refractivity contribution in [1.82, 2.24) is 0 Å². The van der Waals surface area contributed by atoms with Gasteiger partial charge in [0.15, 0.2) is 12.4 Å². The van der Waals surface area contributed by atoms with Crippen LogP contribution in [-0.4, -0.2) is 23.3 Å². The lowest BCUT2D eigenvalue weighted by atomic mass is 9.72. The summed E-state index contributed by atoms with van der Waals surface area (Å²) >= 11 is 0. The Kier molecular flexibility index (Phi) is 9.48. The molecule has 0 aliphatic heterocycles. The molecule has 0 bridgehead atoms. The van der Waals surface area contributed by atoms with Crippen LogP contribution in [0, 0.1) is 15.5 Å². The maximum Gasteiger partial charge on any atom is 0.331 e. The van der Waals surface area contributed by atoms with E-state index in [0.29, 0.717) is 5.57 Å². The fourth-order valence-corrected chi connectivity index (χ4v) is 3.90. The standard InChI is InChI=1S/C28H33NO5/c1-20(11-16-25-22(3)10-7-17-28(25,4)5)8-6-9-21(2)18-27(31)34-19-26(30)23-12-14-24(15-13-23)29(32)33/h6,8-9,11-16,18H,7,10,17,19H2,1-5H3/b9-6+,16-11+,20-8+,21-18+. The number of Topliss-reactive ketones (excluding diaryl/α,β-unsaturated/α-hetero) is 1. The third-order valence-corrected chi connectivity index (χ3v) is 5.86. The van der Waals surface area contributed by atoms with Gasteiger partial charge in [0.1, 0.15) is 0 Å². The maximum atomic E-state index is 12.1. The van der Waals surface area contributed by atoms with E-state index in [2.05, 4.69) is 32.9 Å². The third-order valence-electron chi connectivity index (χ3n) is 5.86. The largest absolute Gasteiger partial charge is 0.454 e. The number of ketones is 1. The third kappa shape index (κ3) is 8.10. The molecule has 180 valence electrons. The van der Waals surface area contributed by atoms with Gasteiger partial charge in [0.25, 0.3) is 5.69 Å². The summed E-state index contributed by atoms with van der Waals surface area (Å²) in [6.07, 6.45) is 14.9. The molecule has 34 heavy (non-hydrogen) atoms. The number of benzene rings is 1. The van der Waals surface area contributed by atoms with E-state index in [1.807, 2.05) is 19.1 Å². The van der Waals surface area contributed by atoms with E-state index in [1.54, 1.807) is 13.0 Å². The summed E-state index contributed by atoms with van der Waals surface area (Å²) < 4.78 is 5.00. The van der Waals surface area contributed by atoms with Gasteiger partial charge in [-0.15, -0.1) is 0 Å². The number of nitro groups is 1. The molecule has 0 N–H and O–H groups in total. The summed E-state index contributed by atoms with van der Waals surface area (Å²) in [4.78, 5) is 34.2. The van der Waals surface area contributed by atoms with E-state index in [1.165, 1.54) is 54.3 Å². The Morgan fingerprint density at radius 1 is 1.12 bits per heavy atom. The summed E-state index contributed by atoms with van der Waals surface area (Å²) in [5.41, 5.74) is 5.00. The molecular formula is C28H33NO5. The van der Waals surface area contributed by atoms with Crippen molar-refractivity contribution in [1.29, 1.82) is 0 Å². The number of allylic oxidation sites excluding steroid dienone is 9. The van der Waals surface area contributed by atoms with Crippen LogP contribution in [0.25, 0.3) is 0 Å². The molecule has 0 radical (unpaired) electrons. The van der Waals surface area contributed by atoms with Crippen LogP contribution in [0.15, 0.2) is 83.0 Å². The lowest BCUT2D eigenvalue weighted by Crippen LogP contribution is -2.19. The van der Waals surface area contributed by atoms with Crippen molar-refractivity contribution in [2.45, 2.75) is 53.9 Å². The van der Waals surface area contributed by atoms with Crippen molar-refractivity contribution >= 4 is 17.4 Å². The van der Waals surface area contributed by atoms with Crippen LogP contribution < -0.4 is 0 Å². The maximum absolute atomic E-state index is 12.1. The van der Waals surface area contributed by atoms with Crippen LogP contribution in [0.4, 0.5) is 5.69 Å². The van der Waals surface area contributed by atoms with E-state index in [4.69, 9.17) is 4.74 Å². The van der Waals surface area contributed by atoms with Crippen molar-refractivity contribution in [3.8, 4) is 0 Å². The van der Waals surface area contributed by atoms with Gasteiger partial charge in [0.05, 0.1) is 4.92 Å². The van der Waals surface area contributed by atoms with Crippen LogP contribution in [0.3, 0.4) is 0 Å². The molecule has 0 atom stereocenters. The van der Waals surface area contributed by atoms with Gasteiger partial charge in [-0.1, -0.05) is 55.4 Å². The van der Waals surface area contributed by atoms with E-state index in [9.17, 15) is 19.7 Å². The SMILES string of the molecule is CC1=C(/C=C/C(C)=C/C=C/C(C)=C/C(=O)OCC(=O)c2ccc([N+](=O)[O-])cc2)C(C)(C)CCC1. The molecule has 0 heterocycles. The van der Waals surface area contributed by atoms with Crippen LogP contribution in [0.1, 0.15) is 64.2 Å². The number of non-ortho nitro benzene ring substituents is 1. The zero-order chi connectivity index (χ0) is 25.3. The minimum absolute atomic E-state index is 0.108. The number of hydrogen-bond acceptors (Lipinski definition) is 5. The van der Waals surface area contributed by atoms with Crippen LogP contribution in [0.2, 0.25) is 0 Å². The Bertz CT molecular complexity index is 1080. The summed E-state index contributed by atoms with van der Waals surface area (Å²) in [5, 5.41) is 10.7. The average molecular weight is 464 g/mol. The van der Waals surface area contributed by atoms with E-state index < -0.39 is 23.3 Å². The van der Waals surface area contributed by atoms with Crippen LogP contribution >= 0.6 is 0 Å². The van der Waals surface area contributed by atoms with Gasteiger partial charge in [0.2, 0.25) is 0 Å². The molecule has 1 aliphatic rings. The van der Waals surface area contributed by atoms with Gasteiger partial charge >= 0.3 is 5.97 Å². The van der Waals surface area contributed by atoms with Crippen molar-refractivity contribution in [3.05, 3.63) is 98.7 Å². The molecule has 0 amide bonds. The van der Waals surface area contributed by atoms with Crippen LogP contribution in [-0.2, 0) is 9.53 Å². The van der Waals surface area contributed by atoms with Gasteiger partial charge in [-0.25, -0.2) is 4.79 Å². The highest BCUT2D eigenvalue weighted by atomic mass is 16.6. The fourth-order valence-electron chi connectivity index (χ4n) is 3.90. The predicted octanol–water partition coefficient (Wildman–Crippen LogP) is 6.85. The van der Waals surface area contributed by atoms with E-state index in [-0.39, 0.29) is 16.7 Å². The van der Waals surface area contributed by atoms with E-state index >= 15 is 0 Å². The molecule has 2 rings (SSSR count). The number of nitrogens with zero attached hydrogens (tertiary/aromatic N) is 1. The first-order valence-corrected chi connectivity index (χ1v) is 11.4. The van der Waals surface area contributed by atoms with Gasteiger partial charge in [-0.2, -0.15) is 0 Å². The molecule has 1 aliphatic carbocycles. The van der Waals surface area contributed by atoms with Crippen molar-refractivity contribution in [2.75, 3.05) is 6.61 Å². The minimum Gasteiger partial charge on any atom is -0.454 e. The first kappa shape index (κ1) is 26.7. The summed E-state index contributed by atoms with van der Waals surface area (Å²) in [6.45, 7) is 10.2. The highest BCUT2D eigenvalue weighted by Gasteiger charge is 2.26. The number of carbonyl (C=O) groups is 2. The molecule has 0 spiro atoms. The second-order valence-corrected chi connectivity index (χ2v) is 9.26. The molecule has 0 unspecified atom stereocenters. The number of esters is 1. The van der Waals surface area contributed by atoms with E-state index in [0.717, 1.165) is 12.0 Å². The first-order chi connectivity index (χ1) is 16.0. The Morgan fingerprint density at radius 3 is 2.41 bits per heavy atom. The Labute approximate surface area is 201 Å². The zero-order valence-corrected chi connectivity index (χ0v) is 20.6. The summed E-state index contributed by atoms with van der Waals surface area (Å²) in [6, 6.07) is 5.16. The number of rotatable bonds is 9. The van der Waals surface area contributed by atoms with Gasteiger partial charge in [-0.3, -0.25) is 14.9 Å². The normalized spacial score (nSPS) is 16.9. The number of ether oxygens (including phenoxy) is 1. The molecule has 6 heteroatoms. The van der Waals surface area contributed by atoms with Crippen molar-refractivity contribution < 1.29 is 19.2 Å². The molecule has 0 fully saturated rings. The fraction of sp³-hybridized carbons (Fsp3) is 0.357. The smallest absolute Gasteiger partial charge is 0.331 e. The summed E-state index contributed by atoms with van der Waals surface area (Å²) in [7, 11) is 0. The average Bonchev–Trinajstić information content (AvgIpc) is 2.76. The van der Waals surface area contributed by atoms with Gasteiger partial charge in [-0.05, 0) is 68.7 Å². The van der Waals surface area contributed by atoms with Gasteiger partial charge < -0.3 is 4.74 Å². The molecule has 0 saturated heterocycles. The molecule has 1 aromatic carbocycles. The lowest BCUT2D eigenvalue weighted by molar-refractivity contribution is -0.384. The van der Waals surface area contributed by atoms with Crippen molar-refractivity contribution in [2.24, 2.45) is 5.41 Å². The Balaban J connectivity index is 1.89. The second-order valence-electron chi connectivity index (χ2n) is 9.26. The predicted molar refractivity (Wildman–Crippen MR) is 135 cm³/mol. The van der Waals surface area contributed by atoms with Crippen molar-refractivity contribution in [3.63, 3.8) is 0 Å². The van der Waals surface area contributed by atoms with Crippen LogP contribution in [0.5, 0.6) is 0 Å². The highest BCUT2D eigenvalue weighted by molar-refractivity contribution is 5.98. The second kappa shape index (κ2) is 12.1. The van der Waals surface area contributed by atoms with Gasteiger partial charge in [0, 0.05) is 23.8 Å².